The molecule has 0 saturated heterocycles. The smallest absolute Gasteiger partial charge is 0.137 e. The summed E-state index contributed by atoms with van der Waals surface area (Å²) in [7, 11) is 0. The maximum absolute atomic E-state index is 12.0. The first-order valence-electron chi connectivity index (χ1n) is 8.33. The first-order valence-corrected chi connectivity index (χ1v) is 8.33. The summed E-state index contributed by atoms with van der Waals surface area (Å²) in [6, 6.07) is 0. The molecule has 120 valence electrons. The number of ketones is 1. The van der Waals surface area contributed by atoms with Crippen molar-refractivity contribution in [1.82, 2.24) is 0 Å². The van der Waals surface area contributed by atoms with Crippen LogP contribution < -0.4 is 0 Å². The molecule has 2 nitrogen and oxygen atoms in total. The second-order valence-corrected chi connectivity index (χ2v) is 7.28. The molecule has 0 unspecified atom stereocenters. The van der Waals surface area contributed by atoms with Gasteiger partial charge in [0.2, 0.25) is 0 Å². The molecule has 2 heteroatoms. The van der Waals surface area contributed by atoms with Gasteiger partial charge in [0.15, 0.2) is 0 Å². The number of aliphatic hydroxyl groups excluding tert-OH is 1. The zero-order valence-electron chi connectivity index (χ0n) is 14.1. The van der Waals surface area contributed by atoms with Crippen molar-refractivity contribution in [2.45, 2.75) is 65.9 Å². The highest BCUT2D eigenvalue weighted by atomic mass is 16.3. The average Bonchev–Trinajstić information content (AvgIpc) is 2.69. The molecule has 0 radical (unpaired) electrons. The van der Waals surface area contributed by atoms with Crippen LogP contribution >= 0.6 is 0 Å². The summed E-state index contributed by atoms with van der Waals surface area (Å²) in [6.45, 7) is 12.3. The van der Waals surface area contributed by atoms with Gasteiger partial charge >= 0.3 is 0 Å². The molecule has 1 rings (SSSR count). The fourth-order valence-corrected chi connectivity index (χ4v) is 3.28. The van der Waals surface area contributed by atoms with Gasteiger partial charge in [-0.2, -0.15) is 0 Å². The van der Waals surface area contributed by atoms with E-state index in [-0.39, 0.29) is 17.3 Å². The lowest BCUT2D eigenvalue weighted by molar-refractivity contribution is -0.121. The predicted molar refractivity (Wildman–Crippen MR) is 89.0 cm³/mol. The van der Waals surface area contributed by atoms with Crippen LogP contribution in [-0.2, 0) is 4.79 Å². The molecule has 0 aliphatic heterocycles. The summed E-state index contributed by atoms with van der Waals surface area (Å²) in [5, 5.41) is 10.4. The Bertz CT molecular complexity index is 381. The zero-order chi connectivity index (χ0) is 16.0. The molecule has 4 atom stereocenters. The van der Waals surface area contributed by atoms with E-state index in [1.54, 1.807) is 0 Å². The van der Waals surface area contributed by atoms with Gasteiger partial charge in [-0.25, -0.2) is 0 Å². The zero-order valence-corrected chi connectivity index (χ0v) is 14.1. The van der Waals surface area contributed by atoms with Crippen molar-refractivity contribution < 1.29 is 9.90 Å². The fourth-order valence-electron chi connectivity index (χ4n) is 3.28. The monoisotopic (exact) mass is 292 g/mol. The van der Waals surface area contributed by atoms with Crippen LogP contribution in [0.1, 0.15) is 59.8 Å². The van der Waals surface area contributed by atoms with Crippen LogP contribution in [0, 0.1) is 23.2 Å². The molecule has 0 aromatic heterocycles. The Morgan fingerprint density at radius 1 is 1.48 bits per heavy atom. The summed E-state index contributed by atoms with van der Waals surface area (Å²) in [4.78, 5) is 12.0. The molecule has 0 bridgehead atoms. The third kappa shape index (κ3) is 4.81. The lowest BCUT2D eigenvalue weighted by atomic mass is 9.80. The normalized spacial score (nSPS) is 28.2. The van der Waals surface area contributed by atoms with E-state index in [1.165, 1.54) is 0 Å². The van der Waals surface area contributed by atoms with Crippen LogP contribution in [0.25, 0.3) is 0 Å². The van der Waals surface area contributed by atoms with Crippen LogP contribution in [0.15, 0.2) is 24.8 Å². The maximum atomic E-state index is 12.0. The van der Waals surface area contributed by atoms with E-state index in [0.29, 0.717) is 18.1 Å². The van der Waals surface area contributed by atoms with Crippen molar-refractivity contribution in [2.24, 2.45) is 23.2 Å². The summed E-state index contributed by atoms with van der Waals surface area (Å²) < 4.78 is 0. The van der Waals surface area contributed by atoms with Gasteiger partial charge in [-0.1, -0.05) is 58.8 Å². The second-order valence-electron chi connectivity index (χ2n) is 7.28. The molecule has 1 saturated carbocycles. The first kappa shape index (κ1) is 18.2. The summed E-state index contributed by atoms with van der Waals surface area (Å²) >= 11 is 0. The molecular formula is C19H32O2. The predicted octanol–water partition coefficient (Wildman–Crippen LogP) is 4.54. The van der Waals surface area contributed by atoms with Gasteiger partial charge in [0, 0.05) is 12.3 Å². The quantitative estimate of drug-likeness (QED) is 0.667. The van der Waals surface area contributed by atoms with E-state index in [4.69, 9.17) is 0 Å². The average molecular weight is 292 g/mol. The molecule has 1 aliphatic carbocycles. The number of hydrogen-bond donors (Lipinski definition) is 1. The van der Waals surface area contributed by atoms with Gasteiger partial charge in [-0.3, -0.25) is 4.79 Å². The highest BCUT2D eigenvalue weighted by Gasteiger charge is 2.37. The molecule has 0 aromatic carbocycles. The van der Waals surface area contributed by atoms with E-state index in [1.807, 2.05) is 12.2 Å². The van der Waals surface area contributed by atoms with Crippen molar-refractivity contribution >= 4 is 5.78 Å². The van der Waals surface area contributed by atoms with Gasteiger partial charge in [0.05, 0.1) is 6.10 Å². The van der Waals surface area contributed by atoms with Crippen LogP contribution in [0.2, 0.25) is 0 Å². The Morgan fingerprint density at radius 3 is 2.71 bits per heavy atom. The number of carbonyl (C=O) groups excluding carboxylic acids is 1. The van der Waals surface area contributed by atoms with Gasteiger partial charge in [0.1, 0.15) is 5.78 Å². The molecule has 21 heavy (non-hydrogen) atoms. The van der Waals surface area contributed by atoms with Crippen molar-refractivity contribution in [3.8, 4) is 0 Å². The van der Waals surface area contributed by atoms with Crippen LogP contribution in [0.3, 0.4) is 0 Å². The van der Waals surface area contributed by atoms with Gasteiger partial charge in [-0.05, 0) is 30.1 Å². The Kier molecular flexibility index (Phi) is 6.86. The van der Waals surface area contributed by atoms with Crippen molar-refractivity contribution in [3.05, 3.63) is 24.8 Å². The first-order chi connectivity index (χ1) is 9.83. The molecule has 0 spiro atoms. The lowest BCUT2D eigenvalue weighted by Crippen LogP contribution is -2.28. The maximum Gasteiger partial charge on any atom is 0.137 e. The van der Waals surface area contributed by atoms with Crippen molar-refractivity contribution in [1.29, 1.82) is 0 Å². The Labute approximate surface area is 130 Å². The van der Waals surface area contributed by atoms with Crippen LogP contribution in [-0.4, -0.2) is 17.0 Å². The minimum absolute atomic E-state index is 0.0553. The molecule has 0 aromatic rings. The minimum atomic E-state index is -0.448. The Hall–Kier alpha value is -0.890. The van der Waals surface area contributed by atoms with Crippen LogP contribution in [0.5, 0.6) is 0 Å². The number of unbranched alkanes of at least 4 members (excludes halogenated alkanes) is 1. The molecule has 1 aliphatic rings. The van der Waals surface area contributed by atoms with Gasteiger partial charge in [0.25, 0.3) is 0 Å². The summed E-state index contributed by atoms with van der Waals surface area (Å²) in [6.07, 6.45) is 10.1. The lowest BCUT2D eigenvalue weighted by Gasteiger charge is -2.29. The third-order valence-corrected chi connectivity index (χ3v) is 4.97. The molecule has 1 N–H and O–H groups in total. The van der Waals surface area contributed by atoms with E-state index < -0.39 is 6.10 Å². The SMILES string of the molecule is C=CC[C@H]1C(=O)C[C@@H](C)[C@@H]1/C=C/[C@@H](O)C(C)(C)CCCC. The number of hydrogen-bond acceptors (Lipinski definition) is 2. The molecule has 0 heterocycles. The summed E-state index contributed by atoms with van der Waals surface area (Å²) in [5.41, 5.74) is -0.105. The van der Waals surface area contributed by atoms with E-state index in [0.717, 1.165) is 25.7 Å². The second kappa shape index (κ2) is 7.93. The van der Waals surface area contributed by atoms with Crippen LogP contribution in [0.4, 0.5) is 0 Å². The topological polar surface area (TPSA) is 37.3 Å². The van der Waals surface area contributed by atoms with E-state index in [2.05, 4.69) is 40.3 Å². The molecule has 1 fully saturated rings. The number of Topliss-reactive ketones (excluding diaryl/α,β-unsaturated/α-hetero) is 1. The Morgan fingerprint density at radius 2 is 2.14 bits per heavy atom. The van der Waals surface area contributed by atoms with Crippen molar-refractivity contribution in [3.63, 3.8) is 0 Å². The van der Waals surface area contributed by atoms with E-state index in [9.17, 15) is 9.90 Å². The minimum Gasteiger partial charge on any atom is -0.388 e. The fraction of sp³-hybridized carbons (Fsp3) is 0.737. The Balaban J connectivity index is 2.73. The van der Waals surface area contributed by atoms with Gasteiger partial charge < -0.3 is 5.11 Å². The number of aliphatic hydroxyl groups is 1. The van der Waals surface area contributed by atoms with Gasteiger partial charge in [-0.15, -0.1) is 6.58 Å². The molecular weight excluding hydrogens is 260 g/mol. The highest BCUT2D eigenvalue weighted by molar-refractivity contribution is 5.84. The number of allylic oxidation sites excluding steroid dienone is 2. The van der Waals surface area contributed by atoms with E-state index >= 15 is 0 Å². The summed E-state index contributed by atoms with van der Waals surface area (Å²) in [5.74, 6) is 1.01. The standard InChI is InChI=1S/C19H32O2/c1-6-8-12-19(4,5)18(21)11-10-15-14(3)13-17(20)16(15)9-7-2/h7,10-11,14-16,18,21H,2,6,8-9,12-13H2,1,3-5H3/b11-10+/t14-,15+,16-,18-/m1/s1. The highest BCUT2D eigenvalue weighted by Crippen LogP contribution is 2.38. The number of rotatable bonds is 8. The number of carbonyl (C=O) groups is 1. The third-order valence-electron chi connectivity index (χ3n) is 4.97. The van der Waals surface area contributed by atoms with Crippen molar-refractivity contribution in [2.75, 3.05) is 0 Å². The molecule has 0 amide bonds. The largest absolute Gasteiger partial charge is 0.388 e.